The van der Waals surface area contributed by atoms with E-state index in [9.17, 15) is 5.11 Å². The van der Waals surface area contributed by atoms with Crippen LogP contribution in [0.25, 0.3) is 0 Å². The second kappa shape index (κ2) is 5.32. The third-order valence-electron chi connectivity index (χ3n) is 3.50. The quantitative estimate of drug-likeness (QED) is 0.821. The molecule has 1 N–H and O–H groups in total. The minimum atomic E-state index is 0.350. The van der Waals surface area contributed by atoms with E-state index in [1.165, 1.54) is 29.2 Å². The van der Waals surface area contributed by atoms with Gasteiger partial charge in [0.2, 0.25) is 0 Å². The van der Waals surface area contributed by atoms with Crippen LogP contribution in [0.1, 0.15) is 24.0 Å². The third kappa shape index (κ3) is 2.78. The van der Waals surface area contributed by atoms with E-state index in [1.54, 1.807) is 0 Å². The lowest BCUT2D eigenvalue weighted by Gasteiger charge is -2.21. The minimum Gasteiger partial charge on any atom is -0.507 e. The fraction of sp³-hybridized carbons (Fsp3) is 0.571. The molecule has 0 unspecified atom stereocenters. The fourth-order valence-electron chi connectivity index (χ4n) is 2.35. The van der Waals surface area contributed by atoms with Crippen LogP contribution in [0.3, 0.4) is 0 Å². The summed E-state index contributed by atoms with van der Waals surface area (Å²) in [5.74, 6) is 2.90. The van der Waals surface area contributed by atoms with Crippen molar-refractivity contribution in [3.05, 3.63) is 23.3 Å². The molecule has 2 nitrogen and oxygen atoms in total. The number of hydrogen-bond acceptors (Lipinski definition) is 2. The normalized spacial score (nSPS) is 24.9. The molecule has 1 fully saturated rings. The minimum absolute atomic E-state index is 0.350. The van der Waals surface area contributed by atoms with Crippen molar-refractivity contribution in [1.82, 2.24) is 0 Å². The van der Waals surface area contributed by atoms with E-state index in [2.05, 4.69) is 12.1 Å². The lowest BCUT2D eigenvalue weighted by atomic mass is 10.1. The average molecular weight is 253 g/mol. The van der Waals surface area contributed by atoms with E-state index in [0.717, 1.165) is 11.1 Å². The number of phenols is 1. The van der Waals surface area contributed by atoms with Gasteiger partial charge in [0, 0.05) is 30.8 Å². The Bertz CT molecular complexity index is 372. The summed E-state index contributed by atoms with van der Waals surface area (Å²) in [7, 11) is 2.16. The van der Waals surface area contributed by atoms with Crippen LogP contribution in [0, 0.1) is 13.8 Å². The Morgan fingerprint density at radius 1 is 1.18 bits per heavy atom. The van der Waals surface area contributed by atoms with Gasteiger partial charge in [-0.2, -0.15) is 0 Å². The molecular formula is C14H21O2S+. The Morgan fingerprint density at radius 3 is 2.18 bits per heavy atom. The van der Waals surface area contributed by atoms with Gasteiger partial charge in [-0.3, -0.25) is 0 Å². The van der Waals surface area contributed by atoms with E-state index in [4.69, 9.17) is 4.74 Å². The molecule has 1 heterocycles. The average Bonchev–Trinajstić information content (AvgIpc) is 2.35. The summed E-state index contributed by atoms with van der Waals surface area (Å²) >= 11 is 0. The first-order chi connectivity index (χ1) is 8.11. The van der Waals surface area contributed by atoms with E-state index >= 15 is 0 Å². The zero-order valence-electron chi connectivity index (χ0n) is 10.8. The molecule has 94 valence electrons. The molecule has 2 rings (SSSR count). The lowest BCUT2D eigenvalue weighted by Crippen LogP contribution is -2.28. The summed E-state index contributed by atoms with van der Waals surface area (Å²) < 4.78 is 5.41. The molecule has 17 heavy (non-hydrogen) atoms. The van der Waals surface area contributed by atoms with Gasteiger partial charge < -0.3 is 9.84 Å². The summed E-state index contributed by atoms with van der Waals surface area (Å²) in [5.41, 5.74) is 2.00. The van der Waals surface area contributed by atoms with Crippen molar-refractivity contribution in [2.24, 2.45) is 0 Å². The second-order valence-electron chi connectivity index (χ2n) is 4.74. The van der Waals surface area contributed by atoms with Gasteiger partial charge >= 0.3 is 0 Å². The van der Waals surface area contributed by atoms with Crippen LogP contribution in [0.2, 0.25) is 0 Å². The van der Waals surface area contributed by atoms with E-state index in [-0.39, 0.29) is 0 Å². The van der Waals surface area contributed by atoms with Crippen molar-refractivity contribution in [2.75, 3.05) is 18.6 Å². The highest BCUT2D eigenvalue weighted by Gasteiger charge is 2.30. The maximum atomic E-state index is 9.79. The number of aromatic hydroxyl groups is 1. The SMILES string of the molecule is COC1CC[S+](c2cc(C)c(O)c(C)c2)CC1. The van der Waals surface area contributed by atoms with Gasteiger partial charge in [0.15, 0.2) is 4.90 Å². The first-order valence-electron chi connectivity index (χ1n) is 6.12. The second-order valence-corrected chi connectivity index (χ2v) is 7.02. The van der Waals surface area contributed by atoms with Crippen LogP contribution in [0.5, 0.6) is 5.75 Å². The Kier molecular flexibility index (Phi) is 4.00. The van der Waals surface area contributed by atoms with E-state index in [0.29, 0.717) is 22.7 Å². The van der Waals surface area contributed by atoms with Gasteiger partial charge in [0.05, 0.1) is 6.10 Å². The van der Waals surface area contributed by atoms with Crippen LogP contribution in [0.15, 0.2) is 17.0 Å². The molecule has 1 aliphatic rings. The zero-order chi connectivity index (χ0) is 12.4. The predicted octanol–water partition coefficient (Wildman–Crippen LogP) is 2.80. The molecule has 1 aromatic rings. The van der Waals surface area contributed by atoms with Crippen molar-refractivity contribution in [3.8, 4) is 5.75 Å². The summed E-state index contributed by atoms with van der Waals surface area (Å²) in [6, 6.07) is 4.30. The summed E-state index contributed by atoms with van der Waals surface area (Å²) in [5, 5.41) is 9.79. The molecule has 0 aromatic heterocycles. The Balaban J connectivity index is 2.13. The van der Waals surface area contributed by atoms with Gasteiger partial charge in [0.1, 0.15) is 17.3 Å². The van der Waals surface area contributed by atoms with E-state index < -0.39 is 0 Å². The Morgan fingerprint density at radius 2 is 1.71 bits per heavy atom. The molecule has 0 atom stereocenters. The van der Waals surface area contributed by atoms with Crippen molar-refractivity contribution in [1.29, 1.82) is 0 Å². The molecule has 0 aliphatic carbocycles. The summed E-state index contributed by atoms with van der Waals surface area (Å²) in [6.45, 7) is 3.97. The number of methoxy groups -OCH3 is 1. The third-order valence-corrected chi connectivity index (χ3v) is 5.86. The number of aryl methyl sites for hydroxylation is 2. The standard InChI is InChI=1S/C14H20O2S/c1-10-8-13(9-11(2)14(10)15)17-6-4-12(16-3)5-7-17/h8-9,12H,4-7H2,1-3H3/p+1. The van der Waals surface area contributed by atoms with Gasteiger partial charge in [-0.05, 0) is 37.1 Å². The highest BCUT2D eigenvalue weighted by atomic mass is 32.2. The largest absolute Gasteiger partial charge is 0.507 e. The number of ether oxygens (including phenoxy) is 1. The van der Waals surface area contributed by atoms with Crippen LogP contribution in [-0.4, -0.2) is 29.8 Å². The van der Waals surface area contributed by atoms with Gasteiger partial charge in [-0.1, -0.05) is 0 Å². The number of benzene rings is 1. The first kappa shape index (κ1) is 12.8. The van der Waals surface area contributed by atoms with Crippen molar-refractivity contribution in [2.45, 2.75) is 37.7 Å². The van der Waals surface area contributed by atoms with Gasteiger partial charge in [0.25, 0.3) is 0 Å². The summed E-state index contributed by atoms with van der Waals surface area (Å²) in [4.78, 5) is 1.41. The molecule has 0 radical (unpaired) electrons. The molecular weight excluding hydrogens is 232 g/mol. The van der Waals surface area contributed by atoms with Crippen molar-refractivity contribution < 1.29 is 9.84 Å². The highest BCUT2D eigenvalue weighted by molar-refractivity contribution is 7.96. The Labute approximate surface area is 106 Å². The van der Waals surface area contributed by atoms with Gasteiger partial charge in [-0.25, -0.2) is 0 Å². The van der Waals surface area contributed by atoms with Crippen LogP contribution in [0.4, 0.5) is 0 Å². The highest BCUT2D eigenvalue weighted by Crippen LogP contribution is 2.29. The predicted molar refractivity (Wildman–Crippen MR) is 73.0 cm³/mol. The number of hydrogen-bond donors (Lipinski definition) is 1. The van der Waals surface area contributed by atoms with Crippen LogP contribution in [-0.2, 0) is 15.6 Å². The van der Waals surface area contributed by atoms with Crippen molar-refractivity contribution in [3.63, 3.8) is 0 Å². The smallest absolute Gasteiger partial charge is 0.155 e. The molecule has 1 aliphatic heterocycles. The van der Waals surface area contributed by atoms with Crippen molar-refractivity contribution >= 4 is 10.9 Å². The topological polar surface area (TPSA) is 29.5 Å². The lowest BCUT2D eigenvalue weighted by molar-refractivity contribution is 0.0956. The maximum absolute atomic E-state index is 9.79. The molecule has 0 saturated carbocycles. The number of rotatable bonds is 2. The molecule has 3 heteroatoms. The molecule has 0 amide bonds. The zero-order valence-corrected chi connectivity index (χ0v) is 11.6. The monoisotopic (exact) mass is 253 g/mol. The molecule has 1 aromatic carbocycles. The maximum Gasteiger partial charge on any atom is 0.155 e. The Hall–Kier alpha value is -0.670. The van der Waals surface area contributed by atoms with Crippen LogP contribution >= 0.6 is 0 Å². The van der Waals surface area contributed by atoms with Crippen LogP contribution < -0.4 is 0 Å². The summed E-state index contributed by atoms with van der Waals surface area (Å²) in [6.07, 6.45) is 2.79. The van der Waals surface area contributed by atoms with E-state index in [1.807, 2.05) is 21.0 Å². The molecule has 1 saturated heterocycles. The molecule has 0 bridgehead atoms. The first-order valence-corrected chi connectivity index (χ1v) is 7.68. The number of phenolic OH excluding ortho intramolecular Hbond substituents is 1. The molecule has 0 spiro atoms. The fourth-order valence-corrected chi connectivity index (χ4v) is 4.81. The van der Waals surface area contributed by atoms with Gasteiger partial charge in [-0.15, -0.1) is 0 Å².